The summed E-state index contributed by atoms with van der Waals surface area (Å²) in [5.41, 5.74) is 0.403. The molecule has 0 aromatic carbocycles. The monoisotopic (exact) mass is 278 g/mol. The van der Waals surface area contributed by atoms with Crippen LogP contribution in [-0.2, 0) is 6.54 Å². The summed E-state index contributed by atoms with van der Waals surface area (Å²) in [4.78, 5) is 2.23. The molecule has 1 N–H and O–H groups in total. The third-order valence-corrected chi connectivity index (χ3v) is 4.57. The molecule has 20 heavy (non-hydrogen) atoms. The van der Waals surface area contributed by atoms with Gasteiger partial charge in [0.25, 0.3) is 0 Å². The minimum Gasteiger partial charge on any atom is -0.407 e. The highest BCUT2D eigenvalue weighted by Crippen LogP contribution is 2.35. The van der Waals surface area contributed by atoms with Gasteiger partial charge < -0.3 is 14.6 Å². The molecule has 0 bridgehead atoms. The van der Waals surface area contributed by atoms with Crippen LogP contribution in [0.25, 0.3) is 0 Å². The van der Waals surface area contributed by atoms with Crippen LogP contribution in [0.3, 0.4) is 0 Å². The lowest BCUT2D eigenvalue weighted by Crippen LogP contribution is -2.38. The molecule has 0 amide bonds. The summed E-state index contributed by atoms with van der Waals surface area (Å²) in [5.74, 6) is 1.50. The van der Waals surface area contributed by atoms with Gasteiger partial charge in [-0.15, -0.1) is 5.10 Å². The Morgan fingerprint density at radius 1 is 1.15 bits per heavy atom. The Morgan fingerprint density at radius 2 is 1.85 bits per heavy atom. The fraction of sp³-hybridized carbons (Fsp3) is 0.867. The molecule has 5 heteroatoms. The smallest absolute Gasteiger partial charge is 0.318 e. The summed E-state index contributed by atoms with van der Waals surface area (Å²) in [6.07, 6.45) is 4.98. The van der Waals surface area contributed by atoms with E-state index in [9.17, 15) is 0 Å². The Labute approximate surface area is 121 Å². The zero-order valence-corrected chi connectivity index (χ0v) is 12.9. The van der Waals surface area contributed by atoms with E-state index in [4.69, 9.17) is 4.42 Å². The van der Waals surface area contributed by atoms with Crippen LogP contribution in [0.1, 0.15) is 52.3 Å². The third kappa shape index (κ3) is 3.32. The first-order valence-corrected chi connectivity index (χ1v) is 7.83. The Morgan fingerprint density at radius 3 is 2.45 bits per heavy atom. The Kier molecular flexibility index (Phi) is 3.71. The van der Waals surface area contributed by atoms with Crippen molar-refractivity contribution in [1.82, 2.24) is 15.5 Å². The molecule has 0 unspecified atom stereocenters. The van der Waals surface area contributed by atoms with Crippen molar-refractivity contribution in [3.8, 4) is 0 Å². The first-order valence-electron chi connectivity index (χ1n) is 7.83. The Bertz CT molecular complexity index is 439. The maximum Gasteiger partial charge on any atom is 0.318 e. The highest BCUT2D eigenvalue weighted by Gasteiger charge is 2.30. The van der Waals surface area contributed by atoms with Gasteiger partial charge in [0.15, 0.2) is 0 Å². The molecule has 112 valence electrons. The van der Waals surface area contributed by atoms with Crippen molar-refractivity contribution in [2.45, 2.75) is 59.0 Å². The van der Waals surface area contributed by atoms with Crippen molar-refractivity contribution in [3.05, 3.63) is 5.89 Å². The molecule has 2 fully saturated rings. The zero-order valence-electron chi connectivity index (χ0n) is 12.9. The van der Waals surface area contributed by atoms with E-state index in [-0.39, 0.29) is 0 Å². The van der Waals surface area contributed by atoms with Gasteiger partial charge >= 0.3 is 6.01 Å². The van der Waals surface area contributed by atoms with Crippen LogP contribution in [0.5, 0.6) is 0 Å². The second kappa shape index (κ2) is 5.35. The minimum absolute atomic E-state index is 0.403. The zero-order chi connectivity index (χ0) is 14.2. The molecule has 2 aliphatic rings. The summed E-state index contributed by atoms with van der Waals surface area (Å²) in [6, 6.07) is 1.37. The molecule has 1 saturated carbocycles. The number of nitrogens with zero attached hydrogens (tertiary/aromatic N) is 3. The van der Waals surface area contributed by atoms with E-state index < -0.39 is 0 Å². The maximum atomic E-state index is 5.76. The van der Waals surface area contributed by atoms with Gasteiger partial charge in [0.05, 0.1) is 6.54 Å². The van der Waals surface area contributed by atoms with Crippen molar-refractivity contribution < 1.29 is 4.42 Å². The minimum atomic E-state index is 0.403. The van der Waals surface area contributed by atoms with Gasteiger partial charge in [-0.05, 0) is 37.0 Å². The predicted octanol–water partition coefficient (Wildman–Crippen LogP) is 2.58. The van der Waals surface area contributed by atoms with Gasteiger partial charge in [-0.2, -0.15) is 0 Å². The van der Waals surface area contributed by atoms with Gasteiger partial charge in [0.2, 0.25) is 5.89 Å². The number of aromatic nitrogens is 2. The van der Waals surface area contributed by atoms with Crippen LogP contribution in [0.4, 0.5) is 6.01 Å². The lowest BCUT2D eigenvalue weighted by molar-refractivity contribution is 0.196. The van der Waals surface area contributed by atoms with E-state index in [1.165, 1.54) is 25.7 Å². The van der Waals surface area contributed by atoms with Gasteiger partial charge in [-0.25, -0.2) is 0 Å². The molecule has 1 aromatic heterocycles. The molecule has 0 spiro atoms. The highest BCUT2D eigenvalue weighted by molar-refractivity contribution is 5.25. The fourth-order valence-corrected chi connectivity index (χ4v) is 2.90. The standard InChI is InChI=1S/C15H26N4O/c1-15(2,3)11-6-8-19(9-7-11)14-18-17-13(20-14)10-16-12-4-5-12/h11-12,16H,4-10H2,1-3H3. The van der Waals surface area contributed by atoms with E-state index in [1.807, 2.05) is 0 Å². The van der Waals surface area contributed by atoms with Gasteiger partial charge in [0.1, 0.15) is 0 Å². The second-order valence-corrected chi connectivity index (χ2v) is 7.26. The number of nitrogens with one attached hydrogen (secondary N) is 1. The first kappa shape index (κ1) is 13.9. The van der Waals surface area contributed by atoms with E-state index in [0.717, 1.165) is 19.0 Å². The average molecular weight is 278 g/mol. The molecule has 1 aromatic rings. The van der Waals surface area contributed by atoms with E-state index in [2.05, 4.69) is 41.2 Å². The summed E-state index contributed by atoms with van der Waals surface area (Å²) >= 11 is 0. The highest BCUT2D eigenvalue weighted by atomic mass is 16.4. The van der Waals surface area contributed by atoms with Crippen molar-refractivity contribution in [1.29, 1.82) is 0 Å². The van der Waals surface area contributed by atoms with Crippen LogP contribution in [0.2, 0.25) is 0 Å². The summed E-state index contributed by atoms with van der Waals surface area (Å²) in [5, 5.41) is 11.7. The van der Waals surface area contributed by atoms with Gasteiger partial charge in [-0.3, -0.25) is 0 Å². The van der Waals surface area contributed by atoms with Crippen LogP contribution >= 0.6 is 0 Å². The fourth-order valence-electron chi connectivity index (χ4n) is 2.90. The average Bonchev–Trinajstić information content (AvgIpc) is 3.13. The molecule has 0 atom stereocenters. The number of rotatable bonds is 4. The molecule has 1 aliphatic heterocycles. The van der Waals surface area contributed by atoms with Crippen molar-refractivity contribution in [3.63, 3.8) is 0 Å². The second-order valence-electron chi connectivity index (χ2n) is 7.26. The number of hydrogen-bond acceptors (Lipinski definition) is 5. The van der Waals surface area contributed by atoms with E-state index >= 15 is 0 Å². The van der Waals surface area contributed by atoms with Crippen molar-refractivity contribution >= 4 is 6.01 Å². The van der Waals surface area contributed by atoms with Crippen molar-refractivity contribution in [2.75, 3.05) is 18.0 Å². The molecule has 0 radical (unpaired) electrons. The van der Waals surface area contributed by atoms with Crippen LogP contribution < -0.4 is 10.2 Å². The third-order valence-electron chi connectivity index (χ3n) is 4.57. The molecular weight excluding hydrogens is 252 g/mol. The lowest BCUT2D eigenvalue weighted by Gasteiger charge is -2.38. The summed E-state index contributed by atoms with van der Waals surface area (Å²) < 4.78 is 5.76. The number of piperidine rings is 1. The summed E-state index contributed by atoms with van der Waals surface area (Å²) in [6.45, 7) is 9.76. The predicted molar refractivity (Wildman–Crippen MR) is 78.6 cm³/mol. The summed E-state index contributed by atoms with van der Waals surface area (Å²) in [7, 11) is 0. The van der Waals surface area contributed by atoms with Gasteiger partial charge in [-0.1, -0.05) is 25.9 Å². The molecule has 2 heterocycles. The first-order chi connectivity index (χ1) is 9.52. The van der Waals surface area contributed by atoms with E-state index in [1.54, 1.807) is 0 Å². The molecule has 1 saturated heterocycles. The number of hydrogen-bond donors (Lipinski definition) is 1. The molecule has 5 nitrogen and oxygen atoms in total. The lowest BCUT2D eigenvalue weighted by atomic mass is 9.75. The SMILES string of the molecule is CC(C)(C)C1CCN(c2nnc(CNC3CC3)o2)CC1. The van der Waals surface area contributed by atoms with E-state index in [0.29, 0.717) is 29.9 Å². The molecule has 1 aliphatic carbocycles. The molecular formula is C15H26N4O. The van der Waals surface area contributed by atoms with Crippen LogP contribution in [-0.4, -0.2) is 29.3 Å². The van der Waals surface area contributed by atoms with Gasteiger partial charge in [0, 0.05) is 19.1 Å². The number of anilines is 1. The molecule has 3 rings (SSSR count). The quantitative estimate of drug-likeness (QED) is 0.917. The van der Waals surface area contributed by atoms with Crippen LogP contribution in [0.15, 0.2) is 4.42 Å². The Hall–Kier alpha value is -1.10. The topological polar surface area (TPSA) is 54.2 Å². The largest absolute Gasteiger partial charge is 0.407 e. The maximum absolute atomic E-state index is 5.76. The Balaban J connectivity index is 1.52. The van der Waals surface area contributed by atoms with Crippen LogP contribution in [0, 0.1) is 11.3 Å². The van der Waals surface area contributed by atoms with Crippen molar-refractivity contribution in [2.24, 2.45) is 11.3 Å². The normalized spacial score (nSPS) is 21.4.